The topological polar surface area (TPSA) is 135 Å². The van der Waals surface area contributed by atoms with Crippen molar-refractivity contribution in [2.24, 2.45) is 11.3 Å². The molecule has 0 radical (unpaired) electrons. The molecule has 1 fully saturated rings. The normalized spacial score (nSPS) is 19.7. The van der Waals surface area contributed by atoms with Gasteiger partial charge in [-0.3, -0.25) is 19.2 Å². The van der Waals surface area contributed by atoms with E-state index in [4.69, 9.17) is 0 Å². The molecule has 4 atom stereocenters. The average molecular weight is 520 g/mol. The van der Waals surface area contributed by atoms with Gasteiger partial charge in [-0.1, -0.05) is 45.9 Å². The number of alkyl halides is 3. The number of hydrogen-bond acceptors (Lipinski definition) is 5. The van der Waals surface area contributed by atoms with Crippen LogP contribution in [-0.4, -0.2) is 52.4 Å². The van der Waals surface area contributed by atoms with Crippen LogP contribution in [0, 0.1) is 22.7 Å². The monoisotopic (exact) mass is 519 g/mol. The van der Waals surface area contributed by atoms with Crippen LogP contribution >= 0.6 is 0 Å². The van der Waals surface area contributed by atoms with Gasteiger partial charge in [0.25, 0.3) is 0 Å². The summed E-state index contributed by atoms with van der Waals surface area (Å²) in [6.45, 7) is 6.37. The SMILES string of the molecule is C[C@@H]1C[C@@H](C(=O)NC(C#N)c2cc(=O)[nH]c3ccccc23)N(C(=O)[C@@H](NC(=O)C(F)(F)F)C(C)(C)C)C1. The molecule has 0 aliphatic carbocycles. The van der Waals surface area contributed by atoms with Crippen LogP contribution in [0.15, 0.2) is 35.1 Å². The molecule has 37 heavy (non-hydrogen) atoms. The van der Waals surface area contributed by atoms with Crippen molar-refractivity contribution in [1.82, 2.24) is 20.5 Å². The van der Waals surface area contributed by atoms with Gasteiger partial charge in [0.1, 0.15) is 18.1 Å². The molecule has 2 aromatic rings. The Balaban J connectivity index is 1.89. The molecule has 3 N–H and O–H groups in total. The molecule has 3 amide bonds. The van der Waals surface area contributed by atoms with E-state index in [1.165, 1.54) is 26.8 Å². The average Bonchev–Trinajstić information content (AvgIpc) is 3.20. The largest absolute Gasteiger partial charge is 0.471 e. The number of hydrogen-bond donors (Lipinski definition) is 3. The molecule has 12 heteroatoms. The molecule has 198 valence electrons. The number of nitriles is 1. The number of benzene rings is 1. The number of nitrogens with zero attached hydrogens (tertiary/aromatic N) is 2. The molecule has 1 aliphatic rings. The number of likely N-dealkylation sites (tertiary alicyclic amines) is 1. The zero-order valence-electron chi connectivity index (χ0n) is 20.8. The maximum absolute atomic E-state index is 13.4. The van der Waals surface area contributed by atoms with Gasteiger partial charge in [0, 0.05) is 29.1 Å². The first-order chi connectivity index (χ1) is 17.1. The van der Waals surface area contributed by atoms with Crippen LogP contribution in [0.1, 0.15) is 45.7 Å². The third kappa shape index (κ3) is 6.10. The minimum Gasteiger partial charge on any atom is -0.336 e. The van der Waals surface area contributed by atoms with E-state index in [-0.39, 0.29) is 24.4 Å². The van der Waals surface area contributed by atoms with E-state index in [0.29, 0.717) is 10.9 Å². The van der Waals surface area contributed by atoms with Gasteiger partial charge >= 0.3 is 12.1 Å². The highest BCUT2D eigenvalue weighted by molar-refractivity contribution is 5.94. The molecule has 1 aromatic heterocycles. The Morgan fingerprint density at radius 3 is 2.41 bits per heavy atom. The highest BCUT2D eigenvalue weighted by atomic mass is 19.4. The van der Waals surface area contributed by atoms with Crippen molar-refractivity contribution >= 4 is 28.6 Å². The van der Waals surface area contributed by atoms with Crippen LogP contribution in [-0.2, 0) is 14.4 Å². The number of halogens is 3. The zero-order chi connectivity index (χ0) is 27.7. The molecule has 1 aromatic carbocycles. The van der Waals surface area contributed by atoms with Crippen molar-refractivity contribution in [1.29, 1.82) is 5.26 Å². The molecule has 0 spiro atoms. The molecular weight excluding hydrogens is 491 g/mol. The Kier molecular flexibility index (Phi) is 7.67. The summed E-state index contributed by atoms with van der Waals surface area (Å²) in [7, 11) is 0. The van der Waals surface area contributed by atoms with E-state index in [1.807, 2.05) is 6.07 Å². The van der Waals surface area contributed by atoms with E-state index in [9.17, 15) is 37.6 Å². The zero-order valence-corrected chi connectivity index (χ0v) is 20.8. The van der Waals surface area contributed by atoms with Crippen molar-refractivity contribution in [3.63, 3.8) is 0 Å². The fourth-order valence-corrected chi connectivity index (χ4v) is 4.45. The molecule has 1 unspecified atom stereocenters. The number of nitrogens with one attached hydrogen (secondary N) is 3. The first kappa shape index (κ1) is 27.7. The van der Waals surface area contributed by atoms with E-state index < -0.39 is 53.0 Å². The van der Waals surface area contributed by atoms with Crippen LogP contribution in [0.3, 0.4) is 0 Å². The van der Waals surface area contributed by atoms with Crippen molar-refractivity contribution in [2.75, 3.05) is 6.54 Å². The lowest BCUT2D eigenvalue weighted by molar-refractivity contribution is -0.176. The van der Waals surface area contributed by atoms with Gasteiger partial charge in [-0.05, 0) is 23.8 Å². The maximum atomic E-state index is 13.4. The van der Waals surface area contributed by atoms with E-state index in [0.717, 1.165) is 4.90 Å². The summed E-state index contributed by atoms with van der Waals surface area (Å²) in [6, 6.07) is 6.06. The number of rotatable bonds is 5. The molecule has 9 nitrogen and oxygen atoms in total. The molecule has 0 saturated carbocycles. The van der Waals surface area contributed by atoms with Gasteiger partial charge in [0.2, 0.25) is 17.4 Å². The summed E-state index contributed by atoms with van der Waals surface area (Å²) in [5.74, 6) is -3.94. The minimum absolute atomic E-state index is 0.0799. The third-order valence-corrected chi connectivity index (χ3v) is 6.25. The van der Waals surface area contributed by atoms with Gasteiger partial charge in [0.05, 0.1) is 6.07 Å². The summed E-state index contributed by atoms with van der Waals surface area (Å²) in [5, 5.41) is 14.7. The summed E-state index contributed by atoms with van der Waals surface area (Å²) < 4.78 is 38.8. The number of carbonyl (C=O) groups is 3. The molecule has 1 aliphatic heterocycles. The van der Waals surface area contributed by atoms with Gasteiger partial charge in [-0.25, -0.2) is 0 Å². The van der Waals surface area contributed by atoms with Crippen LogP contribution in [0.2, 0.25) is 0 Å². The molecule has 2 heterocycles. The first-order valence-electron chi connectivity index (χ1n) is 11.6. The van der Waals surface area contributed by atoms with E-state index >= 15 is 0 Å². The van der Waals surface area contributed by atoms with Crippen molar-refractivity contribution in [2.45, 2.75) is 58.4 Å². The quantitative estimate of drug-likeness (QED) is 0.558. The highest BCUT2D eigenvalue weighted by Gasteiger charge is 2.47. The number of aromatic nitrogens is 1. The fourth-order valence-electron chi connectivity index (χ4n) is 4.45. The second-order valence-electron chi connectivity index (χ2n) is 10.3. The summed E-state index contributed by atoms with van der Waals surface area (Å²) >= 11 is 0. The van der Waals surface area contributed by atoms with Crippen LogP contribution < -0.4 is 16.2 Å². The third-order valence-electron chi connectivity index (χ3n) is 6.25. The van der Waals surface area contributed by atoms with Crippen LogP contribution in [0.25, 0.3) is 10.9 Å². The van der Waals surface area contributed by atoms with Gasteiger partial charge < -0.3 is 20.5 Å². The predicted molar refractivity (Wildman–Crippen MR) is 128 cm³/mol. The van der Waals surface area contributed by atoms with E-state index in [2.05, 4.69) is 10.3 Å². The predicted octanol–water partition coefficient (Wildman–Crippen LogP) is 2.54. The number of H-pyrrole nitrogens is 1. The Hall–Kier alpha value is -3.88. The Morgan fingerprint density at radius 2 is 1.81 bits per heavy atom. The number of carbonyl (C=O) groups excluding carboxylic acids is 3. The summed E-state index contributed by atoms with van der Waals surface area (Å²) in [4.78, 5) is 54.3. The smallest absolute Gasteiger partial charge is 0.336 e. The standard InChI is InChI=1S/C25H28F3N5O4/c1-13-9-18(33(12-13)22(36)20(24(2,3)4)32-23(37)25(26,27)28)21(35)31-17(11-29)15-10-19(34)30-16-8-6-5-7-14(15)16/h5-8,10,13,17-18,20H,9,12H2,1-4H3,(H,30,34)(H,31,35)(H,32,37)/t13-,17?,18+,20-/m1/s1. The fraction of sp³-hybridized carbons (Fsp3) is 0.480. The first-order valence-corrected chi connectivity index (χ1v) is 11.6. The molecular formula is C25H28F3N5O4. The lowest BCUT2D eigenvalue weighted by Gasteiger charge is -2.35. The minimum atomic E-state index is -5.19. The van der Waals surface area contributed by atoms with Crippen LogP contribution in [0.4, 0.5) is 13.2 Å². The van der Waals surface area contributed by atoms with Crippen molar-refractivity contribution < 1.29 is 27.6 Å². The number of aromatic amines is 1. The highest BCUT2D eigenvalue weighted by Crippen LogP contribution is 2.30. The Bertz CT molecular complexity index is 1310. The Labute approximate surface area is 211 Å². The lowest BCUT2D eigenvalue weighted by Crippen LogP contribution is -2.59. The number of fused-ring (bicyclic) bond motifs is 1. The maximum Gasteiger partial charge on any atom is 0.471 e. The van der Waals surface area contributed by atoms with Gasteiger partial charge in [-0.15, -0.1) is 0 Å². The lowest BCUT2D eigenvalue weighted by atomic mass is 9.85. The van der Waals surface area contributed by atoms with Crippen LogP contribution in [0.5, 0.6) is 0 Å². The molecule has 0 bridgehead atoms. The van der Waals surface area contributed by atoms with Crippen molar-refractivity contribution in [3.8, 4) is 6.07 Å². The van der Waals surface area contributed by atoms with Gasteiger partial charge in [0.15, 0.2) is 0 Å². The second kappa shape index (κ2) is 10.2. The summed E-state index contributed by atoms with van der Waals surface area (Å²) in [5.41, 5.74) is -0.824. The number of pyridine rings is 1. The Morgan fingerprint density at radius 1 is 1.16 bits per heavy atom. The van der Waals surface area contributed by atoms with Crippen molar-refractivity contribution in [3.05, 3.63) is 46.2 Å². The second-order valence-corrected chi connectivity index (χ2v) is 10.3. The summed E-state index contributed by atoms with van der Waals surface area (Å²) in [6.07, 6.45) is -4.98. The van der Waals surface area contributed by atoms with Gasteiger partial charge in [-0.2, -0.15) is 18.4 Å². The number of amides is 3. The molecule has 1 saturated heterocycles. The van der Waals surface area contributed by atoms with E-state index in [1.54, 1.807) is 36.5 Å². The molecule has 3 rings (SSSR count). The number of para-hydroxylation sites is 1.